The quantitative estimate of drug-likeness (QED) is 0.774. The van der Waals surface area contributed by atoms with Crippen LogP contribution in [0, 0.1) is 5.92 Å². The minimum Gasteiger partial charge on any atom is -0.395 e. The van der Waals surface area contributed by atoms with E-state index in [1.54, 1.807) is 6.07 Å². The number of anilines is 1. The molecule has 1 aromatic rings. The van der Waals surface area contributed by atoms with Gasteiger partial charge in [0, 0.05) is 23.8 Å². The number of amides is 1. The van der Waals surface area contributed by atoms with Gasteiger partial charge in [0.05, 0.1) is 6.61 Å². The normalized spacial score (nSPS) is 22.3. The average Bonchev–Trinajstić information content (AvgIpc) is 2.45. The van der Waals surface area contributed by atoms with Gasteiger partial charge in [0.25, 0.3) is 5.91 Å². The van der Waals surface area contributed by atoms with Gasteiger partial charge in [-0.25, -0.2) is 0 Å². The van der Waals surface area contributed by atoms with Crippen molar-refractivity contribution in [1.29, 1.82) is 0 Å². The van der Waals surface area contributed by atoms with Gasteiger partial charge in [-0.1, -0.05) is 25.8 Å². The summed E-state index contributed by atoms with van der Waals surface area (Å²) in [6.07, 6.45) is 4.99. The number of carbonyl (C=O) groups excluding carboxylic acids is 1. The molecule has 2 atom stereocenters. The lowest BCUT2D eigenvalue weighted by molar-refractivity contribution is 0.0945. The molecule has 0 bridgehead atoms. The Balaban J connectivity index is 1.96. The predicted octanol–water partition coefficient (Wildman–Crippen LogP) is 2.40. The molecule has 1 aliphatic rings. The van der Waals surface area contributed by atoms with E-state index in [1.807, 2.05) is 18.2 Å². The van der Waals surface area contributed by atoms with Crippen LogP contribution in [-0.4, -0.2) is 30.2 Å². The van der Waals surface area contributed by atoms with Crippen molar-refractivity contribution in [1.82, 2.24) is 5.32 Å². The number of carbonyl (C=O) groups is 1. The highest BCUT2D eigenvalue weighted by Gasteiger charge is 2.18. The van der Waals surface area contributed by atoms with Gasteiger partial charge in [-0.2, -0.15) is 0 Å². The lowest BCUT2D eigenvalue weighted by Crippen LogP contribution is -2.27. The molecule has 4 nitrogen and oxygen atoms in total. The number of hydrogen-bond acceptors (Lipinski definition) is 3. The van der Waals surface area contributed by atoms with Crippen LogP contribution in [0.3, 0.4) is 0 Å². The van der Waals surface area contributed by atoms with Crippen molar-refractivity contribution >= 4 is 11.6 Å². The molecule has 1 saturated carbocycles. The zero-order valence-electron chi connectivity index (χ0n) is 12.1. The zero-order valence-corrected chi connectivity index (χ0v) is 12.1. The van der Waals surface area contributed by atoms with Crippen LogP contribution < -0.4 is 10.6 Å². The van der Waals surface area contributed by atoms with E-state index in [0.29, 0.717) is 11.6 Å². The predicted molar refractivity (Wildman–Crippen MR) is 80.9 cm³/mol. The third-order valence-electron chi connectivity index (χ3n) is 3.83. The van der Waals surface area contributed by atoms with E-state index >= 15 is 0 Å². The van der Waals surface area contributed by atoms with Crippen LogP contribution in [0.15, 0.2) is 24.3 Å². The Morgan fingerprint density at radius 1 is 1.40 bits per heavy atom. The summed E-state index contributed by atoms with van der Waals surface area (Å²) in [4.78, 5) is 11.9. The van der Waals surface area contributed by atoms with Crippen molar-refractivity contribution in [3.8, 4) is 0 Å². The molecule has 0 aliphatic heterocycles. The summed E-state index contributed by atoms with van der Waals surface area (Å²) in [5, 5.41) is 14.9. The summed E-state index contributed by atoms with van der Waals surface area (Å²) in [7, 11) is 0. The second kappa shape index (κ2) is 7.29. The molecule has 1 fully saturated rings. The molecular weight excluding hydrogens is 252 g/mol. The molecule has 0 heterocycles. The largest absolute Gasteiger partial charge is 0.395 e. The van der Waals surface area contributed by atoms with Crippen LogP contribution in [0.5, 0.6) is 0 Å². The Kier molecular flexibility index (Phi) is 5.41. The van der Waals surface area contributed by atoms with E-state index < -0.39 is 0 Å². The van der Waals surface area contributed by atoms with Crippen molar-refractivity contribution in [2.75, 3.05) is 18.5 Å². The minimum absolute atomic E-state index is 0.0381. The van der Waals surface area contributed by atoms with Crippen LogP contribution >= 0.6 is 0 Å². The minimum atomic E-state index is -0.139. The molecule has 0 aromatic heterocycles. The van der Waals surface area contributed by atoms with Crippen LogP contribution in [0.25, 0.3) is 0 Å². The first-order valence-corrected chi connectivity index (χ1v) is 7.44. The van der Waals surface area contributed by atoms with Crippen LogP contribution in [0.4, 0.5) is 5.69 Å². The van der Waals surface area contributed by atoms with Crippen molar-refractivity contribution in [2.24, 2.45) is 5.92 Å². The smallest absolute Gasteiger partial charge is 0.251 e. The van der Waals surface area contributed by atoms with E-state index in [9.17, 15) is 4.79 Å². The summed E-state index contributed by atoms with van der Waals surface area (Å²) in [5.41, 5.74) is 1.63. The van der Waals surface area contributed by atoms with Gasteiger partial charge < -0.3 is 15.7 Å². The van der Waals surface area contributed by atoms with E-state index in [1.165, 1.54) is 25.7 Å². The zero-order chi connectivity index (χ0) is 14.4. The van der Waals surface area contributed by atoms with E-state index in [-0.39, 0.29) is 19.1 Å². The molecule has 110 valence electrons. The summed E-state index contributed by atoms with van der Waals surface area (Å²) >= 11 is 0. The number of aliphatic hydroxyl groups is 1. The topological polar surface area (TPSA) is 61.4 Å². The highest BCUT2D eigenvalue weighted by Crippen LogP contribution is 2.26. The number of hydrogen-bond donors (Lipinski definition) is 3. The maximum Gasteiger partial charge on any atom is 0.251 e. The molecule has 1 aromatic carbocycles. The molecule has 3 N–H and O–H groups in total. The second-order valence-electron chi connectivity index (χ2n) is 5.67. The van der Waals surface area contributed by atoms with E-state index in [2.05, 4.69) is 17.6 Å². The average molecular weight is 276 g/mol. The Morgan fingerprint density at radius 2 is 2.25 bits per heavy atom. The Morgan fingerprint density at radius 3 is 3.00 bits per heavy atom. The molecule has 20 heavy (non-hydrogen) atoms. The van der Waals surface area contributed by atoms with Crippen LogP contribution in [0.1, 0.15) is 43.0 Å². The lowest BCUT2D eigenvalue weighted by Gasteiger charge is -2.28. The summed E-state index contributed by atoms with van der Waals surface area (Å²) in [6, 6.07) is 8.08. The fourth-order valence-electron chi connectivity index (χ4n) is 2.82. The first-order valence-electron chi connectivity index (χ1n) is 7.44. The Bertz CT molecular complexity index is 448. The Hall–Kier alpha value is -1.55. The molecule has 1 aliphatic carbocycles. The van der Waals surface area contributed by atoms with Crippen LogP contribution in [0.2, 0.25) is 0 Å². The van der Waals surface area contributed by atoms with Gasteiger partial charge >= 0.3 is 0 Å². The molecule has 2 unspecified atom stereocenters. The van der Waals surface area contributed by atoms with Crippen LogP contribution in [-0.2, 0) is 0 Å². The number of benzene rings is 1. The van der Waals surface area contributed by atoms with Gasteiger partial charge in [0.2, 0.25) is 0 Å². The van der Waals surface area contributed by atoms with Gasteiger partial charge in [0.1, 0.15) is 0 Å². The van der Waals surface area contributed by atoms with E-state index in [4.69, 9.17) is 5.11 Å². The monoisotopic (exact) mass is 276 g/mol. The van der Waals surface area contributed by atoms with E-state index in [0.717, 1.165) is 11.6 Å². The van der Waals surface area contributed by atoms with Crippen molar-refractivity contribution in [2.45, 2.75) is 38.6 Å². The Labute approximate surface area is 120 Å². The number of rotatable bonds is 5. The highest BCUT2D eigenvalue weighted by molar-refractivity contribution is 5.95. The van der Waals surface area contributed by atoms with Crippen molar-refractivity contribution < 1.29 is 9.90 Å². The number of nitrogens with one attached hydrogen (secondary N) is 2. The summed E-state index contributed by atoms with van der Waals surface area (Å²) < 4.78 is 0. The highest BCUT2D eigenvalue weighted by atomic mass is 16.3. The lowest BCUT2D eigenvalue weighted by atomic mass is 9.87. The molecular formula is C16H24N2O2. The fraction of sp³-hybridized carbons (Fsp3) is 0.562. The first-order chi connectivity index (χ1) is 9.69. The first kappa shape index (κ1) is 14.9. The van der Waals surface area contributed by atoms with Gasteiger partial charge in [-0.15, -0.1) is 0 Å². The molecule has 0 saturated heterocycles. The SMILES string of the molecule is CC1CCCC(Nc2cccc(C(=O)NCCO)c2)C1. The van der Waals surface area contributed by atoms with Gasteiger partial charge in [-0.3, -0.25) is 4.79 Å². The van der Waals surface area contributed by atoms with Crippen molar-refractivity contribution in [3.63, 3.8) is 0 Å². The molecule has 0 spiro atoms. The molecule has 2 rings (SSSR count). The summed E-state index contributed by atoms with van der Waals surface area (Å²) in [5.74, 6) is 0.636. The van der Waals surface area contributed by atoms with Gasteiger partial charge in [0.15, 0.2) is 0 Å². The number of aliphatic hydroxyl groups excluding tert-OH is 1. The fourth-order valence-corrected chi connectivity index (χ4v) is 2.82. The third-order valence-corrected chi connectivity index (χ3v) is 3.83. The second-order valence-corrected chi connectivity index (χ2v) is 5.67. The van der Waals surface area contributed by atoms with Gasteiger partial charge in [-0.05, 0) is 37.0 Å². The molecule has 0 radical (unpaired) electrons. The standard InChI is InChI=1S/C16H24N2O2/c1-12-4-2-6-14(10-12)18-15-7-3-5-13(11-15)16(20)17-8-9-19/h3,5,7,11-12,14,18-19H,2,4,6,8-10H2,1H3,(H,17,20). The molecule has 4 heteroatoms. The maximum absolute atomic E-state index is 11.9. The molecule has 1 amide bonds. The summed E-state index contributed by atoms with van der Waals surface area (Å²) in [6.45, 7) is 2.55. The third kappa shape index (κ3) is 4.23. The van der Waals surface area contributed by atoms with Crippen molar-refractivity contribution in [3.05, 3.63) is 29.8 Å². The maximum atomic E-state index is 11.9.